The largest absolute Gasteiger partial charge is 0.0800 e. The first kappa shape index (κ1) is 3.49. The van der Waals surface area contributed by atoms with Gasteiger partial charge in [-0.25, -0.2) is 0 Å². The van der Waals surface area contributed by atoms with E-state index in [1.165, 1.54) is 6.42 Å². The number of hydrogen-bond acceptors (Lipinski definition) is 0. The van der Waals surface area contributed by atoms with Gasteiger partial charge in [-0.2, -0.15) is 0 Å². The summed E-state index contributed by atoms with van der Waals surface area (Å²) in [4.78, 5) is 0. The number of hydrogen-bond donors (Lipinski definition) is 0. The van der Waals surface area contributed by atoms with Crippen LogP contribution in [0.1, 0.15) is 13.3 Å². The highest BCUT2D eigenvalue weighted by Crippen LogP contribution is 2.84. The molecule has 0 nitrogen and oxygen atoms in total. The fourth-order valence-corrected chi connectivity index (χ4v) is 2.16. The molecule has 0 heterocycles. The standard InChI is InChI=1S/C8H8/c1-8-5-3-2-4-6(8)7(5)8/h3-4,7H,2H2,1H3. The molecule has 0 atom stereocenters. The Balaban J connectivity index is 2.29. The highest BCUT2D eigenvalue weighted by molar-refractivity contribution is 5.72. The second-order valence-electron chi connectivity index (χ2n) is 3.19. The third-order valence-electron chi connectivity index (χ3n) is 2.91. The minimum atomic E-state index is 0.651. The van der Waals surface area contributed by atoms with Crippen molar-refractivity contribution in [3.8, 4) is 0 Å². The monoisotopic (exact) mass is 104 g/mol. The fourth-order valence-electron chi connectivity index (χ4n) is 2.16. The van der Waals surface area contributed by atoms with Crippen molar-refractivity contribution in [2.24, 2.45) is 11.3 Å². The minimum absolute atomic E-state index is 0.651. The average Bonchev–Trinajstić information content (AvgIpc) is 2.60. The molecule has 0 bridgehead atoms. The summed E-state index contributed by atoms with van der Waals surface area (Å²) in [6.07, 6.45) is 5.99. The lowest BCUT2D eigenvalue weighted by molar-refractivity contribution is 0.901. The first-order chi connectivity index (χ1) is 3.85. The van der Waals surface area contributed by atoms with Gasteiger partial charge in [-0.05, 0) is 6.42 Å². The van der Waals surface area contributed by atoms with Crippen LogP contribution in [-0.4, -0.2) is 0 Å². The molecule has 0 aromatic rings. The third-order valence-corrected chi connectivity index (χ3v) is 2.91. The van der Waals surface area contributed by atoms with Gasteiger partial charge in [-0.1, -0.05) is 30.2 Å². The summed E-state index contributed by atoms with van der Waals surface area (Å²) >= 11 is 0. The van der Waals surface area contributed by atoms with Gasteiger partial charge in [0.25, 0.3) is 0 Å². The molecule has 0 N–H and O–H groups in total. The van der Waals surface area contributed by atoms with E-state index < -0.39 is 0 Å². The highest BCUT2D eigenvalue weighted by atomic mass is 14.8. The Morgan fingerprint density at radius 1 is 1.50 bits per heavy atom. The van der Waals surface area contributed by atoms with Gasteiger partial charge in [0, 0.05) is 11.3 Å². The zero-order valence-corrected chi connectivity index (χ0v) is 4.94. The summed E-state index contributed by atoms with van der Waals surface area (Å²) in [5, 5.41) is 0. The van der Waals surface area contributed by atoms with E-state index in [-0.39, 0.29) is 0 Å². The number of allylic oxidation sites excluding steroid dienone is 4. The topological polar surface area (TPSA) is 0 Å². The van der Waals surface area contributed by atoms with Crippen molar-refractivity contribution in [1.29, 1.82) is 0 Å². The molecule has 3 rings (SSSR count). The van der Waals surface area contributed by atoms with E-state index in [9.17, 15) is 0 Å². The molecule has 0 amide bonds. The Bertz CT molecular complexity index is 210. The first-order valence-electron chi connectivity index (χ1n) is 3.26. The van der Waals surface area contributed by atoms with Gasteiger partial charge in [0.2, 0.25) is 0 Å². The molecule has 8 heavy (non-hydrogen) atoms. The van der Waals surface area contributed by atoms with Crippen LogP contribution in [0.15, 0.2) is 23.3 Å². The van der Waals surface area contributed by atoms with Crippen molar-refractivity contribution in [2.45, 2.75) is 13.3 Å². The normalized spacial score (nSPS) is 53.9. The molecular weight excluding hydrogens is 96.1 g/mol. The molecule has 0 radical (unpaired) electrons. The zero-order valence-electron chi connectivity index (χ0n) is 4.94. The van der Waals surface area contributed by atoms with Gasteiger partial charge in [0.1, 0.15) is 0 Å². The summed E-state index contributed by atoms with van der Waals surface area (Å²) in [5.41, 5.74) is 4.11. The molecule has 2 saturated carbocycles. The summed E-state index contributed by atoms with van der Waals surface area (Å²) in [6, 6.07) is 0. The van der Waals surface area contributed by atoms with Crippen LogP contribution in [0.2, 0.25) is 0 Å². The first-order valence-corrected chi connectivity index (χ1v) is 3.26. The molecule has 0 aliphatic heterocycles. The molecular formula is C8H8. The van der Waals surface area contributed by atoms with E-state index in [1.54, 1.807) is 11.1 Å². The van der Waals surface area contributed by atoms with Crippen LogP contribution in [-0.2, 0) is 0 Å². The quantitative estimate of drug-likeness (QED) is 0.412. The van der Waals surface area contributed by atoms with E-state index in [4.69, 9.17) is 0 Å². The van der Waals surface area contributed by atoms with Gasteiger partial charge >= 0.3 is 0 Å². The van der Waals surface area contributed by atoms with Crippen LogP contribution < -0.4 is 0 Å². The second kappa shape index (κ2) is 0.637. The summed E-state index contributed by atoms with van der Waals surface area (Å²) in [7, 11) is 0. The fraction of sp³-hybridized carbons (Fsp3) is 0.500. The van der Waals surface area contributed by atoms with Crippen LogP contribution in [0.5, 0.6) is 0 Å². The van der Waals surface area contributed by atoms with E-state index in [2.05, 4.69) is 19.1 Å². The van der Waals surface area contributed by atoms with Crippen molar-refractivity contribution in [3.63, 3.8) is 0 Å². The lowest BCUT2D eigenvalue weighted by Crippen LogP contribution is -1.89. The molecule has 0 aromatic heterocycles. The lowest BCUT2D eigenvalue weighted by Gasteiger charge is -2.04. The van der Waals surface area contributed by atoms with Gasteiger partial charge in [-0.3, -0.25) is 0 Å². The lowest BCUT2D eigenvalue weighted by atomic mass is 10.0. The highest BCUT2D eigenvalue weighted by Gasteiger charge is 2.76. The molecule has 3 aliphatic carbocycles. The van der Waals surface area contributed by atoms with Crippen molar-refractivity contribution in [2.75, 3.05) is 0 Å². The van der Waals surface area contributed by atoms with Crippen molar-refractivity contribution >= 4 is 0 Å². The average molecular weight is 104 g/mol. The molecule has 0 aromatic carbocycles. The Hall–Kier alpha value is -0.520. The van der Waals surface area contributed by atoms with Crippen LogP contribution in [0.25, 0.3) is 0 Å². The third kappa shape index (κ3) is 0.146. The van der Waals surface area contributed by atoms with Crippen LogP contribution in [0, 0.1) is 11.3 Å². The minimum Gasteiger partial charge on any atom is -0.0800 e. The predicted octanol–water partition coefficient (Wildman–Crippen LogP) is 1.89. The second-order valence-corrected chi connectivity index (χ2v) is 3.19. The number of rotatable bonds is 0. The molecule has 3 aliphatic rings. The van der Waals surface area contributed by atoms with Crippen molar-refractivity contribution in [3.05, 3.63) is 23.3 Å². The molecule has 40 valence electrons. The SMILES string of the molecule is CC12C3=CCC=C1C32. The Kier molecular flexibility index (Phi) is 0.278. The van der Waals surface area contributed by atoms with E-state index in [0.29, 0.717) is 5.41 Å². The summed E-state index contributed by atoms with van der Waals surface area (Å²) in [5.74, 6) is 0.955. The molecule has 0 heteroatoms. The summed E-state index contributed by atoms with van der Waals surface area (Å²) in [6.45, 7) is 2.36. The molecule has 0 unspecified atom stereocenters. The number of fused-ring (bicyclic) bond motifs is 2. The van der Waals surface area contributed by atoms with Gasteiger partial charge in [0.15, 0.2) is 0 Å². The molecule has 0 spiro atoms. The molecule has 2 fully saturated rings. The molecule has 0 saturated heterocycles. The van der Waals surface area contributed by atoms with Crippen molar-refractivity contribution in [1.82, 2.24) is 0 Å². The Morgan fingerprint density at radius 3 is 2.25 bits per heavy atom. The van der Waals surface area contributed by atoms with Crippen LogP contribution >= 0.6 is 0 Å². The van der Waals surface area contributed by atoms with Gasteiger partial charge in [0.05, 0.1) is 0 Å². The van der Waals surface area contributed by atoms with Crippen molar-refractivity contribution < 1.29 is 0 Å². The predicted molar refractivity (Wildman–Crippen MR) is 32.4 cm³/mol. The summed E-state index contributed by atoms with van der Waals surface area (Å²) < 4.78 is 0. The Labute approximate surface area is 48.9 Å². The maximum atomic E-state index is 2.39. The zero-order chi connectivity index (χ0) is 5.35. The van der Waals surface area contributed by atoms with Crippen LogP contribution in [0.3, 0.4) is 0 Å². The van der Waals surface area contributed by atoms with E-state index >= 15 is 0 Å². The van der Waals surface area contributed by atoms with E-state index in [1.807, 2.05) is 0 Å². The Morgan fingerprint density at radius 2 is 2.00 bits per heavy atom. The van der Waals surface area contributed by atoms with Crippen LogP contribution in [0.4, 0.5) is 0 Å². The van der Waals surface area contributed by atoms with Gasteiger partial charge in [-0.15, -0.1) is 0 Å². The van der Waals surface area contributed by atoms with E-state index in [0.717, 1.165) is 5.92 Å². The maximum absolute atomic E-state index is 2.39. The smallest absolute Gasteiger partial charge is 0.0208 e. The maximum Gasteiger partial charge on any atom is 0.0208 e. The van der Waals surface area contributed by atoms with Gasteiger partial charge < -0.3 is 0 Å².